The van der Waals surface area contributed by atoms with Crippen LogP contribution in [0.2, 0.25) is 0 Å². The van der Waals surface area contributed by atoms with Crippen molar-refractivity contribution in [3.05, 3.63) is 36.2 Å². The normalized spacial score (nSPS) is 16.2. The second-order valence-corrected chi connectivity index (χ2v) is 4.40. The van der Waals surface area contributed by atoms with Crippen molar-refractivity contribution in [1.29, 1.82) is 0 Å². The molecule has 0 spiro atoms. The Balaban J connectivity index is 1.87. The molecule has 88 valence electrons. The smallest absolute Gasteiger partial charge is 0.257 e. The summed E-state index contributed by atoms with van der Waals surface area (Å²) in [6.45, 7) is 2.18. The molecule has 0 saturated carbocycles. The molecule has 0 aliphatic carbocycles. The van der Waals surface area contributed by atoms with Crippen molar-refractivity contribution in [3.8, 4) is 0 Å². The number of carbonyl (C=O) groups is 1. The molecule has 1 aliphatic heterocycles. The van der Waals surface area contributed by atoms with E-state index in [0.717, 1.165) is 18.6 Å². The fourth-order valence-corrected chi connectivity index (χ4v) is 2.15. The Bertz CT molecular complexity index is 556. The highest BCUT2D eigenvalue weighted by Gasteiger charge is 2.31. The third kappa shape index (κ3) is 1.59. The van der Waals surface area contributed by atoms with E-state index in [-0.39, 0.29) is 5.91 Å². The van der Waals surface area contributed by atoms with Crippen molar-refractivity contribution in [2.75, 3.05) is 19.6 Å². The molecule has 0 atom stereocenters. The molecule has 1 saturated heterocycles. The molecule has 2 aromatic heterocycles. The van der Waals surface area contributed by atoms with E-state index >= 15 is 0 Å². The van der Waals surface area contributed by atoms with Crippen molar-refractivity contribution >= 4 is 11.4 Å². The molecule has 3 heterocycles. The SMILES string of the molecule is NCC1CN(C(=O)c2cnn3ccccc23)C1. The Kier molecular flexibility index (Phi) is 2.33. The van der Waals surface area contributed by atoms with Gasteiger partial charge in [0.15, 0.2) is 0 Å². The number of aromatic nitrogens is 2. The summed E-state index contributed by atoms with van der Waals surface area (Å²) in [6, 6.07) is 5.70. The van der Waals surface area contributed by atoms with E-state index in [4.69, 9.17) is 5.73 Å². The van der Waals surface area contributed by atoms with Crippen LogP contribution in [0.4, 0.5) is 0 Å². The van der Waals surface area contributed by atoms with Crippen LogP contribution in [0, 0.1) is 5.92 Å². The van der Waals surface area contributed by atoms with E-state index in [9.17, 15) is 4.79 Å². The molecule has 1 amide bonds. The van der Waals surface area contributed by atoms with Crippen LogP contribution in [0.25, 0.3) is 5.52 Å². The third-order valence-corrected chi connectivity index (χ3v) is 3.23. The first-order valence-electron chi connectivity index (χ1n) is 5.71. The summed E-state index contributed by atoms with van der Waals surface area (Å²) in [5.41, 5.74) is 7.07. The zero-order valence-corrected chi connectivity index (χ0v) is 9.41. The number of nitrogens with two attached hydrogens (primary N) is 1. The number of fused-ring (bicyclic) bond motifs is 1. The number of likely N-dealkylation sites (tertiary alicyclic amines) is 1. The molecule has 2 N–H and O–H groups in total. The van der Waals surface area contributed by atoms with Crippen LogP contribution in [0.1, 0.15) is 10.4 Å². The van der Waals surface area contributed by atoms with Gasteiger partial charge in [0.2, 0.25) is 0 Å². The molecule has 5 heteroatoms. The zero-order valence-electron chi connectivity index (χ0n) is 9.41. The van der Waals surface area contributed by atoms with E-state index in [2.05, 4.69) is 5.10 Å². The number of hydrogen-bond acceptors (Lipinski definition) is 3. The lowest BCUT2D eigenvalue weighted by atomic mass is 9.99. The number of pyridine rings is 1. The van der Waals surface area contributed by atoms with Gasteiger partial charge in [0.1, 0.15) is 0 Å². The number of rotatable bonds is 2. The topological polar surface area (TPSA) is 63.6 Å². The largest absolute Gasteiger partial charge is 0.338 e. The van der Waals surface area contributed by atoms with Gasteiger partial charge in [-0.3, -0.25) is 4.79 Å². The van der Waals surface area contributed by atoms with Crippen LogP contribution >= 0.6 is 0 Å². The molecule has 1 aliphatic rings. The molecule has 0 bridgehead atoms. The second kappa shape index (κ2) is 3.85. The third-order valence-electron chi connectivity index (χ3n) is 3.23. The molecule has 0 aromatic carbocycles. The fourth-order valence-electron chi connectivity index (χ4n) is 2.15. The van der Waals surface area contributed by atoms with E-state index in [0.29, 0.717) is 18.0 Å². The summed E-state index contributed by atoms with van der Waals surface area (Å²) in [5, 5.41) is 4.16. The Hall–Kier alpha value is -1.88. The van der Waals surface area contributed by atoms with Crippen LogP contribution in [0.5, 0.6) is 0 Å². The first-order valence-corrected chi connectivity index (χ1v) is 5.71. The van der Waals surface area contributed by atoms with Gasteiger partial charge < -0.3 is 10.6 Å². The van der Waals surface area contributed by atoms with Crippen LogP contribution in [-0.4, -0.2) is 40.1 Å². The minimum absolute atomic E-state index is 0.0518. The maximum absolute atomic E-state index is 12.2. The quantitative estimate of drug-likeness (QED) is 0.810. The maximum Gasteiger partial charge on any atom is 0.257 e. The van der Waals surface area contributed by atoms with Gasteiger partial charge in [0.25, 0.3) is 5.91 Å². The van der Waals surface area contributed by atoms with Crippen LogP contribution < -0.4 is 5.73 Å². The molecule has 0 unspecified atom stereocenters. The maximum atomic E-state index is 12.2. The van der Waals surface area contributed by atoms with Crippen molar-refractivity contribution in [2.24, 2.45) is 11.7 Å². The van der Waals surface area contributed by atoms with E-state index < -0.39 is 0 Å². The number of hydrogen-bond donors (Lipinski definition) is 1. The highest BCUT2D eigenvalue weighted by Crippen LogP contribution is 2.20. The monoisotopic (exact) mass is 230 g/mol. The first kappa shape index (κ1) is 10.3. The van der Waals surface area contributed by atoms with Crippen molar-refractivity contribution < 1.29 is 4.79 Å². The minimum Gasteiger partial charge on any atom is -0.338 e. The standard InChI is InChI=1S/C12H14N4O/c13-5-9-7-15(8-9)12(17)10-6-14-16-4-2-1-3-11(10)16/h1-4,6,9H,5,7-8,13H2. The number of amides is 1. The molecule has 2 aromatic rings. The average molecular weight is 230 g/mol. The molecule has 0 radical (unpaired) electrons. The Morgan fingerprint density at radius 3 is 3.06 bits per heavy atom. The summed E-state index contributed by atoms with van der Waals surface area (Å²) in [7, 11) is 0. The first-order chi connectivity index (χ1) is 8.29. The fraction of sp³-hybridized carbons (Fsp3) is 0.333. The molecule has 3 rings (SSSR count). The molecule has 17 heavy (non-hydrogen) atoms. The molecular weight excluding hydrogens is 216 g/mol. The van der Waals surface area contributed by atoms with Gasteiger partial charge in [0, 0.05) is 25.2 Å². The lowest BCUT2D eigenvalue weighted by Crippen LogP contribution is -2.52. The van der Waals surface area contributed by atoms with Gasteiger partial charge in [-0.2, -0.15) is 5.10 Å². The lowest BCUT2D eigenvalue weighted by Gasteiger charge is -2.38. The summed E-state index contributed by atoms with van der Waals surface area (Å²) in [5.74, 6) is 0.511. The Morgan fingerprint density at radius 1 is 1.47 bits per heavy atom. The number of carbonyl (C=O) groups excluding carboxylic acids is 1. The van der Waals surface area contributed by atoms with Gasteiger partial charge in [-0.15, -0.1) is 0 Å². The summed E-state index contributed by atoms with van der Waals surface area (Å²) in [6.07, 6.45) is 3.47. The Labute approximate surface area is 98.8 Å². The highest BCUT2D eigenvalue weighted by molar-refractivity contribution is 6.00. The van der Waals surface area contributed by atoms with Gasteiger partial charge >= 0.3 is 0 Å². The van der Waals surface area contributed by atoms with Crippen molar-refractivity contribution in [1.82, 2.24) is 14.5 Å². The van der Waals surface area contributed by atoms with Crippen LogP contribution in [0.15, 0.2) is 30.6 Å². The minimum atomic E-state index is 0.0518. The second-order valence-electron chi connectivity index (χ2n) is 4.40. The van der Waals surface area contributed by atoms with E-state index in [1.165, 1.54) is 0 Å². The van der Waals surface area contributed by atoms with Gasteiger partial charge in [-0.1, -0.05) is 6.07 Å². The zero-order chi connectivity index (χ0) is 11.8. The average Bonchev–Trinajstić information content (AvgIpc) is 2.71. The van der Waals surface area contributed by atoms with Crippen LogP contribution in [-0.2, 0) is 0 Å². The predicted molar refractivity (Wildman–Crippen MR) is 63.6 cm³/mol. The highest BCUT2D eigenvalue weighted by atomic mass is 16.2. The van der Waals surface area contributed by atoms with Crippen molar-refractivity contribution in [2.45, 2.75) is 0 Å². The molecular formula is C12H14N4O. The van der Waals surface area contributed by atoms with Crippen molar-refractivity contribution in [3.63, 3.8) is 0 Å². The number of nitrogens with zero attached hydrogens (tertiary/aromatic N) is 3. The van der Waals surface area contributed by atoms with Gasteiger partial charge in [-0.25, -0.2) is 4.52 Å². The predicted octanol–water partition coefficient (Wildman–Crippen LogP) is 0.365. The Morgan fingerprint density at radius 2 is 2.29 bits per heavy atom. The van der Waals surface area contributed by atoms with E-state index in [1.807, 2.05) is 29.3 Å². The summed E-state index contributed by atoms with van der Waals surface area (Å²) >= 11 is 0. The van der Waals surface area contributed by atoms with Gasteiger partial charge in [-0.05, 0) is 18.7 Å². The molecule has 1 fully saturated rings. The summed E-state index contributed by atoms with van der Waals surface area (Å²) in [4.78, 5) is 14.0. The summed E-state index contributed by atoms with van der Waals surface area (Å²) < 4.78 is 1.72. The van der Waals surface area contributed by atoms with Gasteiger partial charge in [0.05, 0.1) is 17.3 Å². The lowest BCUT2D eigenvalue weighted by molar-refractivity contribution is 0.0517. The van der Waals surface area contributed by atoms with E-state index in [1.54, 1.807) is 10.7 Å². The van der Waals surface area contributed by atoms with Crippen LogP contribution in [0.3, 0.4) is 0 Å². The molecule has 5 nitrogen and oxygen atoms in total.